The van der Waals surface area contributed by atoms with Crippen molar-refractivity contribution in [1.82, 2.24) is 9.47 Å². The highest BCUT2D eigenvalue weighted by atomic mass is 79.9. The quantitative estimate of drug-likeness (QED) is 0.600. The molecule has 0 spiro atoms. The van der Waals surface area contributed by atoms with Crippen molar-refractivity contribution in [2.75, 3.05) is 31.1 Å². The van der Waals surface area contributed by atoms with Crippen LogP contribution in [0.2, 0.25) is 0 Å². The number of hydrogen-bond donors (Lipinski definition) is 0. The number of para-hydroxylation sites is 1. The van der Waals surface area contributed by atoms with E-state index in [1.54, 1.807) is 6.20 Å². The first-order valence-electron chi connectivity index (χ1n) is 8.97. The molecule has 5 nitrogen and oxygen atoms in total. The SMILES string of the molecule is O=Cc1cn(CC(=O)N2CCN(c3ccccc3)CC2)c2ccc(Br)cc12. The average molecular weight is 426 g/mol. The van der Waals surface area contributed by atoms with Crippen LogP contribution in [0.5, 0.6) is 0 Å². The zero-order valence-electron chi connectivity index (χ0n) is 14.8. The Balaban J connectivity index is 1.46. The number of carbonyl (C=O) groups excluding carboxylic acids is 2. The van der Waals surface area contributed by atoms with E-state index >= 15 is 0 Å². The number of aromatic nitrogens is 1. The molecule has 2 aromatic carbocycles. The zero-order chi connectivity index (χ0) is 18.8. The molecule has 3 aromatic rings. The summed E-state index contributed by atoms with van der Waals surface area (Å²) in [6.45, 7) is 3.32. The molecule has 6 heteroatoms. The van der Waals surface area contributed by atoms with E-state index in [1.165, 1.54) is 5.69 Å². The van der Waals surface area contributed by atoms with Crippen LogP contribution in [0.25, 0.3) is 10.9 Å². The van der Waals surface area contributed by atoms with Crippen LogP contribution in [0.4, 0.5) is 5.69 Å². The summed E-state index contributed by atoms with van der Waals surface area (Å²) in [6.07, 6.45) is 2.61. The molecule has 2 heterocycles. The van der Waals surface area contributed by atoms with E-state index in [0.29, 0.717) is 18.7 Å². The zero-order valence-corrected chi connectivity index (χ0v) is 16.4. The van der Waals surface area contributed by atoms with E-state index in [9.17, 15) is 9.59 Å². The maximum atomic E-state index is 12.8. The molecule has 4 rings (SSSR count). The maximum Gasteiger partial charge on any atom is 0.242 e. The monoisotopic (exact) mass is 425 g/mol. The Hall–Kier alpha value is -2.60. The lowest BCUT2D eigenvalue weighted by atomic mass is 10.2. The molecular weight excluding hydrogens is 406 g/mol. The van der Waals surface area contributed by atoms with E-state index in [4.69, 9.17) is 0 Å². The molecule has 138 valence electrons. The number of hydrogen-bond acceptors (Lipinski definition) is 3. The van der Waals surface area contributed by atoms with Crippen LogP contribution < -0.4 is 4.90 Å². The molecule has 27 heavy (non-hydrogen) atoms. The predicted octanol–water partition coefficient (Wildman–Crippen LogP) is 3.57. The molecule has 1 fully saturated rings. The molecule has 1 amide bonds. The van der Waals surface area contributed by atoms with Gasteiger partial charge in [-0.25, -0.2) is 0 Å². The Morgan fingerprint density at radius 2 is 1.78 bits per heavy atom. The minimum Gasteiger partial charge on any atom is -0.368 e. The Bertz CT molecular complexity index is 976. The lowest BCUT2D eigenvalue weighted by Crippen LogP contribution is -2.49. The van der Waals surface area contributed by atoms with Gasteiger partial charge in [-0.1, -0.05) is 34.1 Å². The summed E-state index contributed by atoms with van der Waals surface area (Å²) in [5, 5.41) is 0.862. The van der Waals surface area contributed by atoms with Crippen LogP contribution in [0.3, 0.4) is 0 Å². The second-order valence-corrected chi connectivity index (χ2v) is 7.61. The van der Waals surface area contributed by atoms with Crippen molar-refractivity contribution in [2.24, 2.45) is 0 Å². The average Bonchev–Trinajstić information content (AvgIpc) is 3.05. The fourth-order valence-electron chi connectivity index (χ4n) is 3.62. The summed E-state index contributed by atoms with van der Waals surface area (Å²) in [5.41, 5.74) is 2.70. The number of nitrogens with zero attached hydrogens (tertiary/aromatic N) is 3. The fraction of sp³-hybridized carbons (Fsp3) is 0.238. The van der Waals surface area contributed by atoms with Gasteiger partial charge >= 0.3 is 0 Å². The predicted molar refractivity (Wildman–Crippen MR) is 110 cm³/mol. The van der Waals surface area contributed by atoms with Crippen molar-refractivity contribution in [3.8, 4) is 0 Å². The molecule has 1 aromatic heterocycles. The molecule has 1 aliphatic heterocycles. The van der Waals surface area contributed by atoms with E-state index in [1.807, 2.05) is 45.9 Å². The molecule has 0 N–H and O–H groups in total. The van der Waals surface area contributed by atoms with Gasteiger partial charge in [0, 0.05) is 59.0 Å². The molecule has 0 bridgehead atoms. The van der Waals surface area contributed by atoms with Crippen molar-refractivity contribution >= 4 is 44.7 Å². The van der Waals surface area contributed by atoms with Gasteiger partial charge in [-0.2, -0.15) is 0 Å². The maximum absolute atomic E-state index is 12.8. The summed E-state index contributed by atoms with van der Waals surface area (Å²) >= 11 is 3.44. The molecule has 0 radical (unpaired) electrons. The second kappa shape index (κ2) is 7.56. The molecular formula is C21H20BrN3O2. The fourth-order valence-corrected chi connectivity index (χ4v) is 3.98. The third-order valence-electron chi connectivity index (χ3n) is 5.06. The van der Waals surface area contributed by atoms with Crippen molar-refractivity contribution in [3.63, 3.8) is 0 Å². The van der Waals surface area contributed by atoms with E-state index in [-0.39, 0.29) is 12.5 Å². The van der Waals surface area contributed by atoms with Gasteiger partial charge < -0.3 is 14.4 Å². The van der Waals surface area contributed by atoms with Gasteiger partial charge in [0.2, 0.25) is 5.91 Å². The normalized spacial score (nSPS) is 14.6. The number of piperazine rings is 1. The Kier molecular flexibility index (Phi) is 4.99. The second-order valence-electron chi connectivity index (χ2n) is 6.70. The van der Waals surface area contributed by atoms with E-state index in [2.05, 4.69) is 33.0 Å². The number of halogens is 1. The van der Waals surface area contributed by atoms with Gasteiger partial charge in [0.25, 0.3) is 0 Å². The van der Waals surface area contributed by atoms with Crippen molar-refractivity contribution in [2.45, 2.75) is 6.54 Å². The third-order valence-corrected chi connectivity index (χ3v) is 5.55. The van der Waals surface area contributed by atoms with Gasteiger partial charge in [0.15, 0.2) is 6.29 Å². The Morgan fingerprint density at radius 1 is 1.04 bits per heavy atom. The lowest BCUT2D eigenvalue weighted by Gasteiger charge is -2.36. The summed E-state index contributed by atoms with van der Waals surface area (Å²) in [6, 6.07) is 16.1. The molecule has 0 saturated carbocycles. The largest absolute Gasteiger partial charge is 0.368 e. The minimum absolute atomic E-state index is 0.0833. The number of carbonyl (C=O) groups is 2. The molecule has 0 unspecified atom stereocenters. The number of fused-ring (bicyclic) bond motifs is 1. The van der Waals surface area contributed by atoms with E-state index in [0.717, 1.165) is 34.8 Å². The topological polar surface area (TPSA) is 45.6 Å². The van der Waals surface area contributed by atoms with Gasteiger partial charge in [-0.3, -0.25) is 9.59 Å². The lowest BCUT2D eigenvalue weighted by molar-refractivity contribution is -0.132. The number of benzene rings is 2. The standard InChI is InChI=1S/C21H20BrN3O2/c22-17-6-7-20-19(12-17)16(15-26)13-25(20)14-21(27)24-10-8-23(9-11-24)18-4-2-1-3-5-18/h1-7,12-13,15H,8-11,14H2. The highest BCUT2D eigenvalue weighted by Crippen LogP contribution is 2.24. The summed E-state index contributed by atoms with van der Waals surface area (Å²) in [7, 11) is 0. The molecule has 0 atom stereocenters. The third kappa shape index (κ3) is 3.62. The van der Waals surface area contributed by atoms with Gasteiger partial charge in [-0.15, -0.1) is 0 Å². The van der Waals surface area contributed by atoms with Crippen LogP contribution in [0.15, 0.2) is 59.2 Å². The number of anilines is 1. The summed E-state index contributed by atoms with van der Waals surface area (Å²) in [4.78, 5) is 28.4. The first kappa shape index (κ1) is 17.8. The summed E-state index contributed by atoms with van der Waals surface area (Å²) < 4.78 is 2.79. The summed E-state index contributed by atoms with van der Waals surface area (Å²) in [5.74, 6) is 0.0833. The number of amides is 1. The molecule has 1 aliphatic rings. The van der Waals surface area contributed by atoms with Crippen molar-refractivity contribution in [3.05, 3.63) is 64.8 Å². The minimum atomic E-state index is 0.0833. The van der Waals surface area contributed by atoms with Crippen LogP contribution >= 0.6 is 15.9 Å². The molecule has 1 saturated heterocycles. The molecule has 0 aliphatic carbocycles. The number of rotatable bonds is 4. The highest BCUT2D eigenvalue weighted by Gasteiger charge is 2.22. The van der Waals surface area contributed by atoms with Gasteiger partial charge in [0.05, 0.1) is 0 Å². The van der Waals surface area contributed by atoms with Gasteiger partial charge in [-0.05, 0) is 30.3 Å². The van der Waals surface area contributed by atoms with E-state index < -0.39 is 0 Å². The highest BCUT2D eigenvalue weighted by molar-refractivity contribution is 9.10. The van der Waals surface area contributed by atoms with Crippen LogP contribution in [-0.4, -0.2) is 47.8 Å². The number of aldehydes is 1. The Morgan fingerprint density at radius 3 is 2.48 bits per heavy atom. The smallest absolute Gasteiger partial charge is 0.242 e. The first-order valence-corrected chi connectivity index (χ1v) is 9.76. The first-order chi connectivity index (χ1) is 13.2. The van der Waals surface area contributed by atoms with Crippen LogP contribution in [0.1, 0.15) is 10.4 Å². The van der Waals surface area contributed by atoms with Gasteiger partial charge in [0.1, 0.15) is 6.54 Å². The van der Waals surface area contributed by atoms with Crippen LogP contribution in [-0.2, 0) is 11.3 Å². The van der Waals surface area contributed by atoms with Crippen molar-refractivity contribution < 1.29 is 9.59 Å². The Labute approximate surface area is 166 Å². The van der Waals surface area contributed by atoms with Crippen LogP contribution in [0, 0.1) is 0 Å². The van der Waals surface area contributed by atoms with Crippen molar-refractivity contribution in [1.29, 1.82) is 0 Å².